The highest BCUT2D eigenvalue weighted by Crippen LogP contribution is 2.20. The molecule has 0 aliphatic carbocycles. The third kappa shape index (κ3) is 5.77. The fraction of sp³-hybridized carbons (Fsp3) is 0.812. The van der Waals surface area contributed by atoms with E-state index in [1.165, 1.54) is 0 Å². The Morgan fingerprint density at radius 2 is 1.90 bits per heavy atom. The Morgan fingerprint density at radius 3 is 2.38 bits per heavy atom. The smallest absolute Gasteiger partial charge is 0.237 e. The van der Waals surface area contributed by atoms with E-state index in [0.717, 1.165) is 26.2 Å². The zero-order chi connectivity index (χ0) is 16.0. The Morgan fingerprint density at radius 1 is 1.33 bits per heavy atom. The molecule has 0 aromatic carbocycles. The van der Waals surface area contributed by atoms with Gasteiger partial charge in [0.1, 0.15) is 0 Å². The topological polar surface area (TPSA) is 55.8 Å². The zero-order valence-corrected chi connectivity index (χ0v) is 13.9. The molecule has 0 aromatic heterocycles. The van der Waals surface area contributed by atoms with Crippen molar-refractivity contribution in [3.8, 4) is 0 Å². The number of carbonyl (C=O) groups is 1. The van der Waals surface area contributed by atoms with Crippen LogP contribution in [0.4, 0.5) is 0 Å². The van der Waals surface area contributed by atoms with Gasteiger partial charge in [-0.3, -0.25) is 14.6 Å². The second kappa shape index (κ2) is 7.92. The van der Waals surface area contributed by atoms with Crippen molar-refractivity contribution in [1.29, 1.82) is 0 Å². The molecule has 0 radical (unpaired) electrons. The Kier molecular flexibility index (Phi) is 6.84. The Balaban J connectivity index is 2.38. The van der Waals surface area contributed by atoms with E-state index in [9.17, 15) is 9.90 Å². The number of β-amino-alcohol motifs (C(OH)–C–C–N with tert-alkyl or cyclic N) is 1. The lowest BCUT2D eigenvalue weighted by Crippen LogP contribution is -2.55. The van der Waals surface area contributed by atoms with Crippen molar-refractivity contribution in [3.05, 3.63) is 12.7 Å². The van der Waals surface area contributed by atoms with E-state index in [1.54, 1.807) is 6.08 Å². The summed E-state index contributed by atoms with van der Waals surface area (Å²) >= 11 is 0. The summed E-state index contributed by atoms with van der Waals surface area (Å²) in [6, 6.07) is -0.111. The summed E-state index contributed by atoms with van der Waals surface area (Å²) in [6.45, 7) is 16.4. The number of rotatable bonds is 6. The van der Waals surface area contributed by atoms with E-state index in [-0.39, 0.29) is 23.5 Å². The molecule has 1 aliphatic rings. The van der Waals surface area contributed by atoms with Crippen molar-refractivity contribution < 1.29 is 9.90 Å². The van der Waals surface area contributed by atoms with Gasteiger partial charge in [0.2, 0.25) is 5.91 Å². The van der Waals surface area contributed by atoms with E-state index in [0.29, 0.717) is 13.1 Å². The quantitative estimate of drug-likeness (QED) is 0.709. The fourth-order valence-electron chi connectivity index (χ4n) is 2.34. The van der Waals surface area contributed by atoms with Crippen molar-refractivity contribution in [3.63, 3.8) is 0 Å². The van der Waals surface area contributed by atoms with Gasteiger partial charge in [-0.15, -0.1) is 6.58 Å². The zero-order valence-electron chi connectivity index (χ0n) is 13.9. The number of aliphatic hydroxyl groups is 1. The van der Waals surface area contributed by atoms with Gasteiger partial charge >= 0.3 is 0 Å². The maximum atomic E-state index is 11.9. The summed E-state index contributed by atoms with van der Waals surface area (Å²) in [5.74, 6) is 0.0538. The predicted molar refractivity (Wildman–Crippen MR) is 86.1 cm³/mol. The van der Waals surface area contributed by atoms with Crippen LogP contribution in [0.3, 0.4) is 0 Å². The van der Waals surface area contributed by atoms with Gasteiger partial charge in [-0.2, -0.15) is 0 Å². The van der Waals surface area contributed by atoms with Crippen LogP contribution >= 0.6 is 0 Å². The first-order valence-corrected chi connectivity index (χ1v) is 7.78. The first kappa shape index (κ1) is 18.1. The largest absolute Gasteiger partial charge is 0.391 e. The predicted octanol–water partition coefficient (Wildman–Crippen LogP) is 0.702. The summed E-state index contributed by atoms with van der Waals surface area (Å²) in [5, 5.41) is 13.0. The third-order valence-corrected chi connectivity index (χ3v) is 4.19. The van der Waals surface area contributed by atoms with Crippen LogP contribution in [0.5, 0.6) is 0 Å². The van der Waals surface area contributed by atoms with Crippen LogP contribution in [-0.2, 0) is 4.79 Å². The maximum Gasteiger partial charge on any atom is 0.237 e. The molecule has 5 heteroatoms. The molecule has 1 amide bonds. The standard InChI is InChI=1S/C16H31N3O2/c1-6-7-17-15(21)13(2)19-10-8-18(9-11-19)12-14(20)16(3,4)5/h6,13-14,20H,1,7-12H2,2-5H3,(H,17,21)/t13-,14-/m0/s1. The minimum atomic E-state index is -0.322. The first-order chi connectivity index (χ1) is 9.75. The highest BCUT2D eigenvalue weighted by atomic mass is 16.3. The number of nitrogens with zero attached hydrogens (tertiary/aromatic N) is 2. The molecule has 0 aromatic rings. The normalized spacial score (nSPS) is 20.8. The highest BCUT2D eigenvalue weighted by Gasteiger charge is 2.29. The molecule has 1 heterocycles. The lowest BCUT2D eigenvalue weighted by atomic mass is 9.89. The average Bonchev–Trinajstić information content (AvgIpc) is 2.43. The van der Waals surface area contributed by atoms with Crippen LogP contribution in [0.15, 0.2) is 12.7 Å². The van der Waals surface area contributed by atoms with Crippen LogP contribution in [0.25, 0.3) is 0 Å². The maximum absolute atomic E-state index is 11.9. The summed E-state index contributed by atoms with van der Waals surface area (Å²) in [4.78, 5) is 16.4. The number of hydrogen-bond donors (Lipinski definition) is 2. The molecule has 1 rings (SSSR count). The van der Waals surface area contributed by atoms with Gasteiger partial charge < -0.3 is 10.4 Å². The molecule has 1 fully saturated rings. The Labute approximate surface area is 129 Å². The summed E-state index contributed by atoms with van der Waals surface area (Å²) < 4.78 is 0. The highest BCUT2D eigenvalue weighted by molar-refractivity contribution is 5.81. The molecule has 21 heavy (non-hydrogen) atoms. The van der Waals surface area contributed by atoms with Crippen molar-refractivity contribution in [2.75, 3.05) is 39.3 Å². The average molecular weight is 297 g/mol. The van der Waals surface area contributed by atoms with Crippen molar-refractivity contribution >= 4 is 5.91 Å². The van der Waals surface area contributed by atoms with Crippen molar-refractivity contribution in [1.82, 2.24) is 15.1 Å². The third-order valence-electron chi connectivity index (χ3n) is 4.19. The molecular weight excluding hydrogens is 266 g/mol. The lowest BCUT2D eigenvalue weighted by molar-refractivity contribution is -0.126. The molecule has 0 spiro atoms. The second-order valence-corrected chi connectivity index (χ2v) is 6.93. The monoisotopic (exact) mass is 297 g/mol. The minimum absolute atomic E-state index is 0.0538. The summed E-state index contributed by atoms with van der Waals surface area (Å²) in [6.07, 6.45) is 1.37. The van der Waals surface area contributed by atoms with Crippen molar-refractivity contribution in [2.24, 2.45) is 5.41 Å². The number of nitrogens with one attached hydrogen (secondary N) is 1. The molecular formula is C16H31N3O2. The number of carbonyl (C=O) groups excluding carboxylic acids is 1. The minimum Gasteiger partial charge on any atom is -0.391 e. The molecule has 1 aliphatic heterocycles. The Bertz CT molecular complexity index is 344. The van der Waals surface area contributed by atoms with Crippen molar-refractivity contribution in [2.45, 2.75) is 39.8 Å². The lowest BCUT2D eigenvalue weighted by Gasteiger charge is -2.39. The number of amides is 1. The summed E-state index contributed by atoms with van der Waals surface area (Å²) in [5.41, 5.74) is -0.0883. The molecule has 0 saturated carbocycles. The SMILES string of the molecule is C=CCNC(=O)[C@H](C)N1CCN(C[C@H](O)C(C)(C)C)CC1. The molecule has 2 N–H and O–H groups in total. The van der Waals surface area contributed by atoms with E-state index >= 15 is 0 Å². The second-order valence-electron chi connectivity index (χ2n) is 6.93. The van der Waals surface area contributed by atoms with Gasteiger partial charge in [-0.1, -0.05) is 26.8 Å². The van der Waals surface area contributed by atoms with Crippen LogP contribution in [-0.4, -0.2) is 72.2 Å². The Hall–Kier alpha value is -0.910. The fourth-order valence-corrected chi connectivity index (χ4v) is 2.34. The van der Waals surface area contributed by atoms with E-state index < -0.39 is 0 Å². The molecule has 2 atom stereocenters. The number of aliphatic hydroxyl groups excluding tert-OH is 1. The van der Waals surface area contributed by atoms with E-state index in [4.69, 9.17) is 0 Å². The van der Waals surface area contributed by atoms with Gasteiger partial charge in [-0.25, -0.2) is 0 Å². The molecule has 122 valence electrons. The van der Waals surface area contributed by atoms with E-state index in [1.807, 2.05) is 6.92 Å². The first-order valence-electron chi connectivity index (χ1n) is 7.78. The van der Waals surface area contributed by atoms with Gasteiger partial charge in [0, 0.05) is 39.3 Å². The van der Waals surface area contributed by atoms with Gasteiger partial charge in [0.25, 0.3) is 0 Å². The van der Waals surface area contributed by atoms with Crippen LogP contribution in [0.1, 0.15) is 27.7 Å². The van der Waals surface area contributed by atoms with Crippen LogP contribution < -0.4 is 5.32 Å². The summed E-state index contributed by atoms with van der Waals surface area (Å²) in [7, 11) is 0. The molecule has 5 nitrogen and oxygen atoms in total. The molecule has 0 bridgehead atoms. The van der Waals surface area contributed by atoms with Crippen LogP contribution in [0, 0.1) is 5.41 Å². The molecule has 0 unspecified atom stereocenters. The molecule has 1 saturated heterocycles. The number of piperazine rings is 1. The van der Waals surface area contributed by atoms with Gasteiger partial charge in [0.05, 0.1) is 12.1 Å². The van der Waals surface area contributed by atoms with E-state index in [2.05, 4.69) is 42.5 Å². The number of hydrogen-bond acceptors (Lipinski definition) is 4. The van der Waals surface area contributed by atoms with Gasteiger partial charge in [-0.05, 0) is 12.3 Å². The van der Waals surface area contributed by atoms with Crippen LogP contribution in [0.2, 0.25) is 0 Å². The van der Waals surface area contributed by atoms with Gasteiger partial charge in [0.15, 0.2) is 0 Å².